The fraction of sp³-hybridized carbons (Fsp3) is 0.533. The molecular weight excluding hydrogens is 274 g/mol. The van der Waals surface area contributed by atoms with E-state index in [0.717, 1.165) is 25.9 Å². The van der Waals surface area contributed by atoms with Crippen molar-refractivity contribution in [2.45, 2.75) is 37.0 Å². The number of benzene rings is 1. The van der Waals surface area contributed by atoms with Crippen molar-refractivity contribution >= 4 is 16.7 Å². The third-order valence-corrected chi connectivity index (χ3v) is 4.87. The molecule has 1 aromatic carbocycles. The van der Waals surface area contributed by atoms with Crippen molar-refractivity contribution in [3.8, 4) is 5.75 Å². The van der Waals surface area contributed by atoms with Crippen molar-refractivity contribution in [2.24, 2.45) is 0 Å². The third-order valence-electron chi connectivity index (χ3n) is 3.56. The van der Waals surface area contributed by atoms with E-state index in [2.05, 4.69) is 0 Å². The Balaban J connectivity index is 1.92. The van der Waals surface area contributed by atoms with Crippen molar-refractivity contribution in [2.75, 3.05) is 18.8 Å². The molecule has 1 aromatic rings. The largest absolute Gasteiger partial charge is 0.508 e. The predicted molar refractivity (Wildman–Crippen MR) is 79.0 cm³/mol. The van der Waals surface area contributed by atoms with E-state index in [1.807, 2.05) is 4.90 Å². The van der Waals surface area contributed by atoms with Gasteiger partial charge in [-0.3, -0.25) is 9.00 Å². The van der Waals surface area contributed by atoms with Gasteiger partial charge >= 0.3 is 0 Å². The number of hydrogen-bond donors (Lipinski definition) is 1. The average molecular weight is 295 g/mol. The maximum atomic E-state index is 12.2. The van der Waals surface area contributed by atoms with Gasteiger partial charge in [0.05, 0.1) is 10.8 Å². The zero-order chi connectivity index (χ0) is 14.4. The molecule has 0 aliphatic carbocycles. The Morgan fingerprint density at radius 3 is 2.20 bits per heavy atom. The molecule has 110 valence electrons. The Labute approximate surface area is 122 Å². The van der Waals surface area contributed by atoms with Crippen LogP contribution in [0.25, 0.3) is 0 Å². The maximum absolute atomic E-state index is 12.2. The lowest BCUT2D eigenvalue weighted by Gasteiger charge is -2.24. The van der Waals surface area contributed by atoms with Crippen LogP contribution in [0.2, 0.25) is 0 Å². The second-order valence-corrected chi connectivity index (χ2v) is 6.58. The molecule has 1 aliphatic rings. The number of nitrogens with zero attached hydrogens (tertiary/aromatic N) is 1. The first kappa shape index (κ1) is 15.0. The number of likely N-dealkylation sites (tertiary alicyclic amines) is 1. The Morgan fingerprint density at radius 2 is 1.60 bits per heavy atom. The van der Waals surface area contributed by atoms with Crippen LogP contribution < -0.4 is 0 Å². The normalized spacial score (nSPS) is 18.1. The van der Waals surface area contributed by atoms with Gasteiger partial charge in [0, 0.05) is 18.0 Å². The van der Waals surface area contributed by atoms with Crippen molar-refractivity contribution in [1.29, 1.82) is 0 Å². The highest BCUT2D eigenvalue weighted by Crippen LogP contribution is 2.15. The summed E-state index contributed by atoms with van der Waals surface area (Å²) in [5, 5.41) is 9.21. The zero-order valence-electron chi connectivity index (χ0n) is 11.6. The Hall–Kier alpha value is -1.36. The maximum Gasteiger partial charge on any atom is 0.235 e. The Bertz CT molecular complexity index is 465. The molecule has 5 heteroatoms. The van der Waals surface area contributed by atoms with E-state index in [-0.39, 0.29) is 17.4 Å². The smallest absolute Gasteiger partial charge is 0.235 e. The number of phenols is 1. The summed E-state index contributed by atoms with van der Waals surface area (Å²) in [5.74, 6) is 0.143. The Morgan fingerprint density at radius 1 is 1.05 bits per heavy atom. The topological polar surface area (TPSA) is 57.6 Å². The van der Waals surface area contributed by atoms with Crippen LogP contribution in [0.1, 0.15) is 32.1 Å². The van der Waals surface area contributed by atoms with E-state index >= 15 is 0 Å². The van der Waals surface area contributed by atoms with E-state index < -0.39 is 10.8 Å². The van der Waals surface area contributed by atoms with E-state index in [0.29, 0.717) is 4.90 Å². The SMILES string of the molecule is O=C(CS(=O)c1ccc(O)cc1)N1CCCCCCC1. The predicted octanol–water partition coefficient (Wildman–Crippen LogP) is 2.29. The van der Waals surface area contributed by atoms with Gasteiger partial charge in [0.1, 0.15) is 11.5 Å². The highest BCUT2D eigenvalue weighted by atomic mass is 32.2. The number of rotatable bonds is 3. The fourth-order valence-electron chi connectivity index (χ4n) is 2.38. The summed E-state index contributed by atoms with van der Waals surface area (Å²) in [7, 11) is -1.34. The van der Waals surface area contributed by atoms with Gasteiger partial charge in [-0.25, -0.2) is 0 Å². The van der Waals surface area contributed by atoms with E-state index in [1.54, 1.807) is 12.1 Å². The van der Waals surface area contributed by atoms with Crippen molar-refractivity contribution in [1.82, 2.24) is 4.90 Å². The van der Waals surface area contributed by atoms with Crippen LogP contribution in [0.5, 0.6) is 5.75 Å². The van der Waals surface area contributed by atoms with Gasteiger partial charge in [0.15, 0.2) is 0 Å². The summed E-state index contributed by atoms with van der Waals surface area (Å²) in [6.45, 7) is 1.57. The lowest BCUT2D eigenvalue weighted by atomic mass is 10.1. The molecule has 1 fully saturated rings. The van der Waals surface area contributed by atoms with Crippen LogP contribution in [0.4, 0.5) is 0 Å². The number of amides is 1. The van der Waals surface area contributed by atoms with E-state index in [4.69, 9.17) is 0 Å². The molecule has 20 heavy (non-hydrogen) atoms. The second-order valence-electron chi connectivity index (χ2n) is 5.13. The van der Waals surface area contributed by atoms with E-state index in [1.165, 1.54) is 31.4 Å². The minimum atomic E-state index is -1.34. The number of aromatic hydroxyl groups is 1. The van der Waals surface area contributed by atoms with Gasteiger partial charge in [-0.2, -0.15) is 0 Å². The summed E-state index contributed by atoms with van der Waals surface area (Å²) in [6.07, 6.45) is 5.67. The van der Waals surface area contributed by atoms with Gasteiger partial charge in [0.2, 0.25) is 5.91 Å². The molecule has 1 atom stereocenters. The first-order chi connectivity index (χ1) is 9.66. The van der Waals surface area contributed by atoms with Crippen molar-refractivity contribution in [3.63, 3.8) is 0 Å². The van der Waals surface area contributed by atoms with Gasteiger partial charge in [-0.1, -0.05) is 19.3 Å². The molecule has 1 N–H and O–H groups in total. The first-order valence-corrected chi connectivity index (χ1v) is 8.44. The van der Waals surface area contributed by atoms with Gasteiger partial charge in [0.25, 0.3) is 0 Å². The number of carbonyl (C=O) groups excluding carboxylic acids is 1. The van der Waals surface area contributed by atoms with Crippen LogP contribution in [0.15, 0.2) is 29.2 Å². The first-order valence-electron chi connectivity index (χ1n) is 7.12. The molecule has 0 radical (unpaired) electrons. The minimum absolute atomic E-state index is 0.0293. The molecule has 0 aromatic heterocycles. The third kappa shape index (κ3) is 4.34. The Kier molecular flexibility index (Phi) is 5.59. The summed E-state index contributed by atoms with van der Waals surface area (Å²) in [5.41, 5.74) is 0. The molecule has 1 amide bonds. The fourth-order valence-corrected chi connectivity index (χ4v) is 3.39. The average Bonchev–Trinajstić information content (AvgIpc) is 2.38. The minimum Gasteiger partial charge on any atom is -0.508 e. The molecule has 4 nitrogen and oxygen atoms in total. The molecule has 1 aliphatic heterocycles. The van der Waals surface area contributed by atoms with Crippen LogP contribution in [0, 0.1) is 0 Å². The summed E-state index contributed by atoms with van der Waals surface area (Å²) in [6, 6.07) is 6.19. The highest BCUT2D eigenvalue weighted by Gasteiger charge is 2.18. The van der Waals surface area contributed by atoms with Gasteiger partial charge < -0.3 is 10.0 Å². The molecule has 1 unspecified atom stereocenters. The molecule has 0 bridgehead atoms. The molecule has 1 saturated heterocycles. The number of carbonyl (C=O) groups is 1. The van der Waals surface area contributed by atoms with Gasteiger partial charge in [-0.05, 0) is 37.1 Å². The highest BCUT2D eigenvalue weighted by molar-refractivity contribution is 7.85. The summed E-state index contributed by atoms with van der Waals surface area (Å²) in [4.78, 5) is 14.6. The summed E-state index contributed by atoms with van der Waals surface area (Å²) >= 11 is 0. The monoisotopic (exact) mass is 295 g/mol. The van der Waals surface area contributed by atoms with Crippen LogP contribution in [-0.4, -0.2) is 39.0 Å². The lowest BCUT2D eigenvalue weighted by Crippen LogP contribution is -2.36. The van der Waals surface area contributed by atoms with Crippen molar-refractivity contribution in [3.05, 3.63) is 24.3 Å². The number of phenolic OH excluding ortho intramolecular Hbond substituents is 1. The van der Waals surface area contributed by atoms with Crippen molar-refractivity contribution < 1.29 is 14.1 Å². The zero-order valence-corrected chi connectivity index (χ0v) is 12.4. The molecule has 0 saturated carbocycles. The standard InChI is InChI=1S/C15H21NO3S/c17-13-6-8-14(9-7-13)20(19)12-15(18)16-10-4-2-1-3-5-11-16/h6-9,17H,1-5,10-12H2. The van der Waals surface area contributed by atoms with Crippen LogP contribution in [0.3, 0.4) is 0 Å². The van der Waals surface area contributed by atoms with Gasteiger partial charge in [-0.15, -0.1) is 0 Å². The summed E-state index contributed by atoms with van der Waals surface area (Å²) < 4.78 is 12.1. The lowest BCUT2D eigenvalue weighted by molar-refractivity contribution is -0.128. The molecular formula is C15H21NO3S. The van der Waals surface area contributed by atoms with Crippen LogP contribution in [-0.2, 0) is 15.6 Å². The quantitative estimate of drug-likeness (QED) is 0.931. The second kappa shape index (κ2) is 7.43. The molecule has 2 rings (SSSR count). The van der Waals surface area contributed by atoms with E-state index in [9.17, 15) is 14.1 Å². The molecule has 0 spiro atoms. The number of hydrogen-bond acceptors (Lipinski definition) is 3. The molecule has 1 heterocycles. The van der Waals surface area contributed by atoms with Crippen LogP contribution >= 0.6 is 0 Å².